The number of aryl methyl sites for hydroxylation is 1. The van der Waals surface area contributed by atoms with Crippen molar-refractivity contribution in [3.63, 3.8) is 0 Å². The molecule has 25 heavy (non-hydrogen) atoms. The van der Waals surface area contributed by atoms with Gasteiger partial charge in [0.2, 0.25) is 5.91 Å². The zero-order chi connectivity index (χ0) is 17.5. The number of nitrogens with one attached hydrogen (secondary N) is 1. The maximum Gasteiger partial charge on any atom is 0.266 e. The number of hydrogen-bond donors (Lipinski definition) is 1. The Morgan fingerprint density at radius 1 is 1.08 bits per heavy atom. The number of aromatic nitrogens is 2. The number of benzene rings is 1. The average molecular weight is 353 g/mol. The van der Waals surface area contributed by atoms with Gasteiger partial charge in [-0.3, -0.25) is 9.59 Å². The summed E-state index contributed by atoms with van der Waals surface area (Å²) in [5, 5.41) is 9.19. The molecule has 128 valence electrons. The molecule has 0 fully saturated rings. The molecule has 0 aliphatic carbocycles. The minimum atomic E-state index is -0.168. The summed E-state index contributed by atoms with van der Waals surface area (Å²) in [5.41, 5.74) is 1.74. The van der Waals surface area contributed by atoms with Crippen LogP contribution in [0.1, 0.15) is 12.0 Å². The van der Waals surface area contributed by atoms with Crippen LogP contribution in [0.5, 0.6) is 0 Å². The van der Waals surface area contributed by atoms with Gasteiger partial charge < -0.3 is 5.32 Å². The van der Waals surface area contributed by atoms with E-state index in [4.69, 9.17) is 0 Å². The summed E-state index contributed by atoms with van der Waals surface area (Å²) in [5.74, 6) is -0.0219. The van der Waals surface area contributed by atoms with Crippen LogP contribution in [0, 0.1) is 0 Å². The van der Waals surface area contributed by atoms with Gasteiger partial charge in [-0.05, 0) is 29.5 Å². The molecule has 0 radical (unpaired) electrons. The van der Waals surface area contributed by atoms with Crippen LogP contribution < -0.4 is 10.9 Å². The maximum atomic E-state index is 11.9. The summed E-state index contributed by atoms with van der Waals surface area (Å²) in [6.07, 6.45) is 1.14. The van der Waals surface area contributed by atoms with E-state index in [1.54, 1.807) is 17.4 Å². The third-order valence-corrected chi connectivity index (χ3v) is 4.66. The predicted molar refractivity (Wildman–Crippen MR) is 99.6 cm³/mol. The van der Waals surface area contributed by atoms with Crippen molar-refractivity contribution in [3.8, 4) is 10.6 Å². The Kier molecular flexibility index (Phi) is 5.74. The van der Waals surface area contributed by atoms with Gasteiger partial charge >= 0.3 is 0 Å². The van der Waals surface area contributed by atoms with Crippen molar-refractivity contribution in [2.45, 2.75) is 19.4 Å². The first-order chi connectivity index (χ1) is 12.2. The van der Waals surface area contributed by atoms with Gasteiger partial charge in [-0.15, -0.1) is 11.3 Å². The van der Waals surface area contributed by atoms with Crippen LogP contribution in [0.3, 0.4) is 0 Å². The zero-order valence-corrected chi connectivity index (χ0v) is 14.5. The lowest BCUT2D eigenvalue weighted by molar-refractivity contribution is -0.121. The lowest BCUT2D eigenvalue weighted by atomic mass is 10.1. The number of hydrogen-bond acceptors (Lipinski definition) is 4. The highest BCUT2D eigenvalue weighted by atomic mass is 32.1. The molecule has 6 heteroatoms. The highest BCUT2D eigenvalue weighted by Crippen LogP contribution is 2.20. The summed E-state index contributed by atoms with van der Waals surface area (Å²) in [6, 6.07) is 17.1. The fourth-order valence-corrected chi connectivity index (χ4v) is 3.15. The first-order valence-corrected chi connectivity index (χ1v) is 9.03. The van der Waals surface area contributed by atoms with Gasteiger partial charge in [0.1, 0.15) is 5.69 Å². The highest BCUT2D eigenvalue weighted by molar-refractivity contribution is 7.13. The summed E-state index contributed by atoms with van der Waals surface area (Å²) in [7, 11) is 0. The quantitative estimate of drug-likeness (QED) is 0.710. The molecule has 3 aromatic rings. The monoisotopic (exact) mass is 353 g/mol. The van der Waals surface area contributed by atoms with Gasteiger partial charge in [0.25, 0.3) is 5.56 Å². The molecule has 0 spiro atoms. The third-order valence-electron chi connectivity index (χ3n) is 3.77. The zero-order valence-electron chi connectivity index (χ0n) is 13.7. The average Bonchev–Trinajstić information content (AvgIpc) is 3.17. The molecule has 0 atom stereocenters. The molecule has 1 N–H and O–H groups in total. The van der Waals surface area contributed by atoms with E-state index in [1.807, 2.05) is 47.8 Å². The van der Waals surface area contributed by atoms with Gasteiger partial charge in [-0.2, -0.15) is 5.10 Å². The van der Waals surface area contributed by atoms with Crippen LogP contribution in [0.25, 0.3) is 10.6 Å². The summed E-state index contributed by atoms with van der Waals surface area (Å²) < 4.78 is 1.40. The Balaban J connectivity index is 1.51. The molecule has 1 aromatic carbocycles. The van der Waals surface area contributed by atoms with Crippen LogP contribution in [-0.4, -0.2) is 22.2 Å². The highest BCUT2D eigenvalue weighted by Gasteiger charge is 2.06. The topological polar surface area (TPSA) is 64.0 Å². The van der Waals surface area contributed by atoms with E-state index in [0.717, 1.165) is 16.1 Å². The summed E-state index contributed by atoms with van der Waals surface area (Å²) in [4.78, 5) is 24.9. The molecule has 0 aliphatic rings. The second kappa shape index (κ2) is 8.39. The molecule has 1 amide bonds. The first-order valence-electron chi connectivity index (χ1n) is 8.15. The normalized spacial score (nSPS) is 10.6. The van der Waals surface area contributed by atoms with Crippen LogP contribution >= 0.6 is 11.3 Å². The maximum absolute atomic E-state index is 11.9. The van der Waals surface area contributed by atoms with Crippen molar-refractivity contribution in [1.82, 2.24) is 15.1 Å². The second-order valence-corrected chi connectivity index (χ2v) is 6.54. The van der Waals surface area contributed by atoms with Gasteiger partial charge in [-0.25, -0.2) is 4.68 Å². The summed E-state index contributed by atoms with van der Waals surface area (Å²) in [6.45, 7) is 0.740. The van der Waals surface area contributed by atoms with Crippen LogP contribution in [0.15, 0.2) is 64.8 Å². The van der Waals surface area contributed by atoms with Crippen LogP contribution in [0.4, 0.5) is 0 Å². The fraction of sp³-hybridized carbons (Fsp3) is 0.211. The van der Waals surface area contributed by atoms with Gasteiger partial charge in [0.15, 0.2) is 0 Å². The molecule has 2 aromatic heterocycles. The molecule has 3 rings (SSSR count). The predicted octanol–water partition coefficient (Wildman–Crippen LogP) is 2.72. The Labute approximate surface area is 150 Å². The Bertz CT molecular complexity index is 873. The van der Waals surface area contributed by atoms with E-state index < -0.39 is 0 Å². The number of nitrogens with zero attached hydrogens (tertiary/aromatic N) is 2. The number of carbonyl (C=O) groups is 1. The second-order valence-electron chi connectivity index (χ2n) is 5.59. The Morgan fingerprint density at radius 2 is 1.92 bits per heavy atom. The number of amides is 1. The molecular weight excluding hydrogens is 334 g/mol. The van der Waals surface area contributed by atoms with E-state index in [9.17, 15) is 9.59 Å². The molecule has 0 saturated heterocycles. The minimum absolute atomic E-state index is 0.0219. The molecule has 0 unspecified atom stereocenters. The van der Waals surface area contributed by atoms with E-state index in [-0.39, 0.29) is 11.5 Å². The van der Waals surface area contributed by atoms with Gasteiger partial charge in [0.05, 0.1) is 11.4 Å². The molecule has 0 bridgehead atoms. The van der Waals surface area contributed by atoms with Gasteiger partial charge in [-0.1, -0.05) is 36.4 Å². The Morgan fingerprint density at radius 3 is 2.68 bits per heavy atom. The van der Waals surface area contributed by atoms with E-state index >= 15 is 0 Å². The SMILES string of the molecule is O=C(CCc1ccccc1)NCCn1nc(-c2cccs2)ccc1=O. The van der Waals surface area contributed by atoms with Crippen LogP contribution in [0.2, 0.25) is 0 Å². The molecule has 2 heterocycles. The largest absolute Gasteiger partial charge is 0.354 e. The van der Waals surface area contributed by atoms with Crippen molar-refractivity contribution < 1.29 is 4.79 Å². The van der Waals surface area contributed by atoms with Crippen LogP contribution in [-0.2, 0) is 17.8 Å². The van der Waals surface area contributed by atoms with Crippen molar-refractivity contribution in [2.24, 2.45) is 0 Å². The smallest absolute Gasteiger partial charge is 0.266 e. The van der Waals surface area contributed by atoms with Crippen molar-refractivity contribution in [2.75, 3.05) is 6.54 Å². The molecule has 0 aliphatic heterocycles. The Hall–Kier alpha value is -2.73. The minimum Gasteiger partial charge on any atom is -0.354 e. The summed E-state index contributed by atoms with van der Waals surface area (Å²) >= 11 is 1.58. The lowest BCUT2D eigenvalue weighted by Gasteiger charge is -2.08. The van der Waals surface area contributed by atoms with E-state index in [0.29, 0.717) is 25.9 Å². The van der Waals surface area contributed by atoms with E-state index in [1.165, 1.54) is 10.7 Å². The molecule has 0 saturated carbocycles. The third kappa shape index (κ3) is 4.87. The van der Waals surface area contributed by atoms with Crippen molar-refractivity contribution in [1.29, 1.82) is 0 Å². The first kappa shape index (κ1) is 17.1. The van der Waals surface area contributed by atoms with Crippen molar-refractivity contribution >= 4 is 17.2 Å². The van der Waals surface area contributed by atoms with Crippen molar-refractivity contribution in [3.05, 3.63) is 75.9 Å². The van der Waals surface area contributed by atoms with Gasteiger partial charge in [0, 0.05) is 19.0 Å². The number of rotatable bonds is 7. The molecular formula is C19H19N3O2S. The fourth-order valence-electron chi connectivity index (χ4n) is 2.46. The lowest BCUT2D eigenvalue weighted by Crippen LogP contribution is -2.32. The molecule has 5 nitrogen and oxygen atoms in total. The standard InChI is InChI=1S/C19H19N3O2S/c23-18(10-8-15-5-2-1-3-6-15)20-12-13-22-19(24)11-9-16(21-22)17-7-4-14-25-17/h1-7,9,11,14H,8,10,12-13H2,(H,20,23). The number of thiophene rings is 1. The number of carbonyl (C=O) groups excluding carboxylic acids is 1. The van der Waals surface area contributed by atoms with E-state index in [2.05, 4.69) is 10.4 Å².